The zero-order valence-corrected chi connectivity index (χ0v) is 1.80. The first-order valence-corrected chi connectivity index (χ1v) is 0.383. The monoisotopic (exact) mass is 97.0 g/mol. The molecule has 0 rings (SSSR count). The van der Waals surface area contributed by atoms with Crippen LogP contribution in [0.1, 0.15) is 0 Å². The van der Waals surface area contributed by atoms with Gasteiger partial charge in [0.2, 0.25) is 0 Å². The summed E-state index contributed by atoms with van der Waals surface area (Å²) < 4.78 is 0. The third-order valence-corrected chi connectivity index (χ3v) is 0. The zero-order chi connectivity index (χ0) is 2.71. The Labute approximate surface area is 33.1 Å². The van der Waals surface area contributed by atoms with E-state index in [2.05, 4.69) is 0 Å². The van der Waals surface area contributed by atoms with Crippen LogP contribution in [0.2, 0.25) is 0 Å². The van der Waals surface area contributed by atoms with Gasteiger partial charge < -0.3 is 10.7 Å². The summed E-state index contributed by atoms with van der Waals surface area (Å²) in [4.78, 5) is 8.11. The second-order valence-corrected chi connectivity index (χ2v) is 0.0816. The number of hydrogen-bond acceptors (Lipinski definition) is 2. The minimum Gasteiger partial charge on any atom is -0.412 e. The average Bonchev–Trinajstić information content (AvgIpc) is 0.918. The summed E-state index contributed by atoms with van der Waals surface area (Å²) in [6, 6.07) is 0. The van der Waals surface area contributed by atoms with Gasteiger partial charge in [0.1, 0.15) is 0 Å². The molecule has 0 amide bonds. The van der Waals surface area contributed by atoms with Crippen LogP contribution in [-0.4, -0.2) is 21.6 Å². The van der Waals surface area contributed by atoms with Gasteiger partial charge in [0.15, 0.2) is 5.34 Å². The summed E-state index contributed by atoms with van der Waals surface area (Å²) >= 11 is 0. The Balaban J connectivity index is -0.0000000200. The molecule has 0 aromatic rings. The maximum atomic E-state index is 8.11. The molecule has 0 aliphatic heterocycles. The van der Waals surface area contributed by atoms with Crippen LogP contribution in [0.5, 0.6) is 0 Å². The van der Waals surface area contributed by atoms with Gasteiger partial charge in [-0.25, -0.2) is 0 Å². The second kappa shape index (κ2) is 71.4. The molecule has 34 valence electrons. The molecule has 0 bridgehead atoms. The summed E-state index contributed by atoms with van der Waals surface area (Å²) in [6.45, 7) is 0. The van der Waals surface area contributed by atoms with Crippen molar-refractivity contribution < 1.29 is 10.7 Å². The highest BCUT2D eigenvalue weighted by molar-refractivity contribution is 5.75. The molecule has 0 atom stereocenters. The van der Waals surface area contributed by atoms with E-state index < -0.39 is 0 Å². The third-order valence-electron chi connectivity index (χ3n) is 0. The maximum Gasteiger partial charge on any atom is 0.152 e. The lowest BCUT2D eigenvalue weighted by atomic mass is 13.4. The van der Waals surface area contributed by atoms with Gasteiger partial charge in [-0.15, -0.1) is 4.91 Å². The maximum absolute atomic E-state index is 8.11. The fraction of sp³-hybridized carbons (Fsp3) is 0. The summed E-state index contributed by atoms with van der Waals surface area (Å²) in [5, 5.41) is 7.89. The van der Waals surface area contributed by atoms with Crippen LogP contribution < -0.4 is 0 Å². The normalized spacial score (nSPS) is 2.40. The van der Waals surface area contributed by atoms with Gasteiger partial charge >= 0.3 is 0 Å². The Morgan fingerprint density at radius 1 is 1.60 bits per heavy atom. The van der Waals surface area contributed by atoms with E-state index in [9.17, 15) is 0 Å². The molecule has 5 heteroatoms. The van der Waals surface area contributed by atoms with E-state index in [4.69, 9.17) is 10.1 Å². The van der Waals surface area contributed by atoms with Crippen LogP contribution in [0.25, 0.3) is 0 Å². The highest BCUT2D eigenvalue weighted by atomic mass is 28.1. The summed E-state index contributed by atoms with van der Waals surface area (Å²) in [6.07, 6.45) is 0. The van der Waals surface area contributed by atoms with Crippen molar-refractivity contribution in [1.29, 1.82) is 0 Å². The molecule has 0 radical (unpaired) electrons. The lowest BCUT2D eigenvalue weighted by Gasteiger charge is -1.32. The van der Waals surface area contributed by atoms with Gasteiger partial charge in [-0.2, -0.15) is 0 Å². The fourth-order valence-corrected chi connectivity index (χ4v) is 0. The van der Waals surface area contributed by atoms with Crippen molar-refractivity contribution in [2.24, 2.45) is 5.34 Å². The van der Waals surface area contributed by atoms with Gasteiger partial charge in [0.05, 0.1) is 0 Å². The molecule has 0 aromatic heterocycles. The number of rotatable bonds is 0. The lowest BCUT2D eigenvalue weighted by Crippen LogP contribution is -1.25. The molecule has 0 aromatic carbocycles. The van der Waals surface area contributed by atoms with E-state index in [1.807, 2.05) is 0 Å². The topological polar surface area (TPSA) is 81.2 Å². The molecule has 4 nitrogen and oxygen atoms in total. The standard InChI is InChI=1S/HNO2.H2O.H4Si/c2-1-3;;/h(H,2,3);1H2;1H4. The van der Waals surface area contributed by atoms with Gasteiger partial charge in [-0.1, -0.05) is 0 Å². The quantitative estimate of drug-likeness (QED) is 0.213. The van der Waals surface area contributed by atoms with E-state index in [0.29, 0.717) is 0 Å². The SMILES string of the molecule is O.O=NO.[SiH4]. The first kappa shape index (κ1) is 23.5. The highest BCUT2D eigenvalue weighted by Gasteiger charge is 1.18. The van der Waals surface area contributed by atoms with E-state index in [1.165, 1.54) is 5.34 Å². The molecule has 0 aliphatic rings. The predicted octanol–water partition coefficient (Wildman–Crippen LogP) is -2.13. The van der Waals surface area contributed by atoms with Crippen molar-refractivity contribution in [3.8, 4) is 0 Å². The summed E-state index contributed by atoms with van der Waals surface area (Å²) in [7, 11) is 0. The minimum atomic E-state index is 0. The average molecular weight is 97.1 g/mol. The Bertz CT molecular complexity index is 14.4. The third kappa shape index (κ3) is 49.7. The van der Waals surface area contributed by atoms with E-state index in [-0.39, 0.29) is 16.4 Å². The van der Waals surface area contributed by atoms with Crippen LogP contribution in [-0.2, 0) is 0 Å². The van der Waals surface area contributed by atoms with Crippen LogP contribution >= 0.6 is 0 Å². The fourth-order valence-electron chi connectivity index (χ4n) is 0. The van der Waals surface area contributed by atoms with Gasteiger partial charge in [-0.3, -0.25) is 0 Å². The molecule has 0 heterocycles. The molecule has 0 saturated heterocycles. The first-order valence-electron chi connectivity index (χ1n) is 0.383. The summed E-state index contributed by atoms with van der Waals surface area (Å²) in [5.41, 5.74) is 0. The van der Waals surface area contributed by atoms with Crippen LogP contribution in [0.15, 0.2) is 5.34 Å². The molecule has 0 saturated carbocycles. The molecule has 3 N–H and O–H groups in total. The molecule has 0 spiro atoms. The van der Waals surface area contributed by atoms with Crippen LogP contribution in [0.4, 0.5) is 0 Å². The molecular weight excluding hydrogens is 90.1 g/mol. The second-order valence-electron chi connectivity index (χ2n) is 0.0816. The first-order chi connectivity index (χ1) is 1.41. The Morgan fingerprint density at radius 3 is 1.60 bits per heavy atom. The van der Waals surface area contributed by atoms with Crippen molar-refractivity contribution in [1.82, 2.24) is 0 Å². The zero-order valence-electron chi connectivity index (χ0n) is 1.80. The molecule has 0 fully saturated rings. The number of nitrogens with zero attached hydrogens (tertiary/aromatic N) is 1. The van der Waals surface area contributed by atoms with Gasteiger partial charge in [0, 0.05) is 0 Å². The molecule has 5 heavy (non-hydrogen) atoms. The van der Waals surface area contributed by atoms with Crippen molar-refractivity contribution in [2.45, 2.75) is 0 Å². The van der Waals surface area contributed by atoms with Gasteiger partial charge in [0.25, 0.3) is 0 Å². The predicted molar refractivity (Wildman–Crippen MR) is 22.5 cm³/mol. The smallest absolute Gasteiger partial charge is 0.152 e. The molecule has 0 unspecified atom stereocenters. The minimum absolute atomic E-state index is 0. The molecular formula is H7NO3Si. The summed E-state index contributed by atoms with van der Waals surface area (Å²) in [5.74, 6) is 0. The Kier molecular flexibility index (Phi) is 336. The van der Waals surface area contributed by atoms with Crippen molar-refractivity contribution >= 4 is 11.0 Å². The van der Waals surface area contributed by atoms with Gasteiger partial charge in [-0.05, 0) is 11.0 Å². The molecule has 0 aliphatic carbocycles. The van der Waals surface area contributed by atoms with Crippen LogP contribution in [0.3, 0.4) is 0 Å². The van der Waals surface area contributed by atoms with E-state index in [0.717, 1.165) is 0 Å². The van der Waals surface area contributed by atoms with Crippen LogP contribution in [0, 0.1) is 4.91 Å². The van der Waals surface area contributed by atoms with E-state index >= 15 is 0 Å². The van der Waals surface area contributed by atoms with Crippen molar-refractivity contribution in [3.63, 3.8) is 0 Å². The Hall–Kier alpha value is -0.423. The van der Waals surface area contributed by atoms with Crippen molar-refractivity contribution in [3.05, 3.63) is 4.91 Å². The lowest BCUT2D eigenvalue weighted by molar-refractivity contribution is 0.312. The highest BCUT2D eigenvalue weighted by Crippen LogP contribution is 1.25. The van der Waals surface area contributed by atoms with Crippen molar-refractivity contribution in [2.75, 3.05) is 0 Å². The van der Waals surface area contributed by atoms with E-state index in [1.54, 1.807) is 0 Å². The Morgan fingerprint density at radius 2 is 1.60 bits per heavy atom. The number of hydrogen-bond donors (Lipinski definition) is 1. The largest absolute Gasteiger partial charge is 0.412 e.